The first-order valence-electron chi connectivity index (χ1n) is 5.12. The van der Waals surface area contributed by atoms with Crippen molar-refractivity contribution in [1.29, 1.82) is 0 Å². The molecule has 14 heavy (non-hydrogen) atoms. The van der Waals surface area contributed by atoms with Crippen molar-refractivity contribution in [3.63, 3.8) is 0 Å². The van der Waals surface area contributed by atoms with Crippen molar-refractivity contribution in [3.05, 3.63) is 0 Å². The average molecular weight is 220 g/mol. The van der Waals surface area contributed by atoms with E-state index < -0.39 is 10.0 Å². The smallest absolute Gasteiger partial charge is 0.215 e. The van der Waals surface area contributed by atoms with Gasteiger partial charge in [-0.3, -0.25) is 0 Å². The molecule has 1 saturated carbocycles. The summed E-state index contributed by atoms with van der Waals surface area (Å²) < 4.78 is 24.8. The fourth-order valence-corrected chi connectivity index (χ4v) is 2.45. The molecule has 0 aromatic rings. The molecule has 1 rings (SSSR count). The molecule has 84 valence electrons. The molecular formula is C9H20N2O2S. The Morgan fingerprint density at radius 2 is 2.00 bits per heavy atom. The Labute approximate surface area is 86.7 Å². The lowest BCUT2D eigenvalue weighted by molar-refractivity contribution is 0.410. The fourth-order valence-electron chi connectivity index (χ4n) is 1.14. The van der Waals surface area contributed by atoms with Crippen LogP contribution in [0.2, 0.25) is 0 Å². The predicted molar refractivity (Wildman–Crippen MR) is 57.7 cm³/mol. The first kappa shape index (κ1) is 11.9. The summed E-state index contributed by atoms with van der Waals surface area (Å²) in [7, 11) is -1.42. The largest absolute Gasteiger partial charge is 0.313 e. The number of rotatable bonds is 6. The number of nitrogens with one attached hydrogen (secondary N) is 1. The van der Waals surface area contributed by atoms with Crippen LogP contribution in [0.1, 0.15) is 26.7 Å². The highest BCUT2D eigenvalue weighted by molar-refractivity contribution is 7.89. The van der Waals surface area contributed by atoms with Gasteiger partial charge in [-0.15, -0.1) is 0 Å². The highest BCUT2D eigenvalue weighted by Crippen LogP contribution is 2.18. The van der Waals surface area contributed by atoms with Crippen LogP contribution >= 0.6 is 0 Å². The van der Waals surface area contributed by atoms with Crippen molar-refractivity contribution >= 4 is 10.0 Å². The van der Waals surface area contributed by atoms with Crippen molar-refractivity contribution in [2.75, 3.05) is 19.3 Å². The van der Waals surface area contributed by atoms with E-state index in [-0.39, 0.29) is 11.8 Å². The second-order valence-corrected chi connectivity index (χ2v) is 6.30. The van der Waals surface area contributed by atoms with Gasteiger partial charge >= 0.3 is 0 Å². The summed E-state index contributed by atoms with van der Waals surface area (Å²) in [4.78, 5) is 0. The molecule has 0 radical (unpaired) electrons. The molecule has 0 aromatic carbocycles. The second-order valence-electron chi connectivity index (χ2n) is 4.15. The van der Waals surface area contributed by atoms with E-state index in [9.17, 15) is 8.42 Å². The summed E-state index contributed by atoms with van der Waals surface area (Å²) in [5, 5.41) is 3.20. The monoisotopic (exact) mass is 220 g/mol. The molecule has 0 heterocycles. The first-order valence-corrected chi connectivity index (χ1v) is 6.73. The topological polar surface area (TPSA) is 49.4 Å². The maximum atomic E-state index is 11.7. The maximum absolute atomic E-state index is 11.7. The van der Waals surface area contributed by atoms with Gasteiger partial charge in [0.05, 0.1) is 5.75 Å². The zero-order valence-electron chi connectivity index (χ0n) is 9.16. The summed E-state index contributed by atoms with van der Waals surface area (Å²) >= 11 is 0. The Morgan fingerprint density at radius 3 is 2.43 bits per heavy atom. The molecule has 0 saturated heterocycles. The third kappa shape index (κ3) is 3.55. The number of hydrogen-bond donors (Lipinski definition) is 1. The average Bonchev–Trinajstić information content (AvgIpc) is 2.86. The highest BCUT2D eigenvalue weighted by atomic mass is 32.2. The molecule has 1 aliphatic rings. The molecule has 0 atom stereocenters. The van der Waals surface area contributed by atoms with Gasteiger partial charge in [0.1, 0.15) is 0 Å². The molecule has 1 aliphatic carbocycles. The lowest BCUT2D eigenvalue weighted by Crippen LogP contribution is -2.38. The molecule has 0 aliphatic heterocycles. The zero-order chi connectivity index (χ0) is 10.8. The molecule has 0 amide bonds. The van der Waals surface area contributed by atoms with Crippen LogP contribution in [0, 0.1) is 0 Å². The standard InChI is InChI=1S/C9H20N2O2S/c1-8(2)11(3)14(12,13)7-6-10-9-4-5-9/h8-10H,4-7H2,1-3H3. The van der Waals surface area contributed by atoms with Crippen molar-refractivity contribution < 1.29 is 8.42 Å². The SMILES string of the molecule is CC(C)N(C)S(=O)(=O)CCNC1CC1. The predicted octanol–water partition coefficient (Wildman–Crippen LogP) is 0.408. The lowest BCUT2D eigenvalue weighted by atomic mass is 10.4. The summed E-state index contributed by atoms with van der Waals surface area (Å²) in [6.07, 6.45) is 2.39. The summed E-state index contributed by atoms with van der Waals surface area (Å²) in [6, 6.07) is 0.621. The van der Waals surface area contributed by atoms with Crippen LogP contribution in [0.25, 0.3) is 0 Å². The minimum Gasteiger partial charge on any atom is -0.313 e. The Kier molecular flexibility index (Phi) is 3.92. The van der Waals surface area contributed by atoms with Gasteiger partial charge in [0.15, 0.2) is 0 Å². The van der Waals surface area contributed by atoms with Crippen LogP contribution in [0.15, 0.2) is 0 Å². The van der Waals surface area contributed by atoms with E-state index in [0.717, 1.165) is 0 Å². The fraction of sp³-hybridized carbons (Fsp3) is 1.00. The molecule has 1 fully saturated rings. The number of nitrogens with zero attached hydrogens (tertiary/aromatic N) is 1. The van der Waals surface area contributed by atoms with Gasteiger partial charge in [0, 0.05) is 25.7 Å². The van der Waals surface area contributed by atoms with Crippen molar-refractivity contribution in [2.45, 2.75) is 38.8 Å². The van der Waals surface area contributed by atoms with E-state index in [0.29, 0.717) is 12.6 Å². The molecule has 0 aromatic heterocycles. The van der Waals surface area contributed by atoms with E-state index in [1.165, 1.54) is 17.1 Å². The van der Waals surface area contributed by atoms with Gasteiger partial charge in [0.2, 0.25) is 10.0 Å². The summed E-state index contributed by atoms with van der Waals surface area (Å²) in [5.41, 5.74) is 0. The number of sulfonamides is 1. The van der Waals surface area contributed by atoms with Crippen LogP contribution in [-0.4, -0.2) is 44.2 Å². The Hall–Kier alpha value is -0.130. The highest BCUT2D eigenvalue weighted by Gasteiger charge is 2.23. The lowest BCUT2D eigenvalue weighted by Gasteiger charge is -2.20. The van der Waals surface area contributed by atoms with Gasteiger partial charge in [-0.25, -0.2) is 12.7 Å². The Morgan fingerprint density at radius 1 is 1.43 bits per heavy atom. The normalized spacial score (nSPS) is 18.1. The summed E-state index contributed by atoms with van der Waals surface area (Å²) in [5.74, 6) is 0.207. The molecule has 0 bridgehead atoms. The third-order valence-electron chi connectivity index (χ3n) is 2.54. The van der Waals surface area contributed by atoms with Gasteiger partial charge in [-0.1, -0.05) is 0 Å². The molecule has 0 unspecified atom stereocenters. The second kappa shape index (κ2) is 4.59. The molecule has 1 N–H and O–H groups in total. The quantitative estimate of drug-likeness (QED) is 0.705. The van der Waals surface area contributed by atoms with Crippen LogP contribution in [0.5, 0.6) is 0 Å². The van der Waals surface area contributed by atoms with E-state index >= 15 is 0 Å². The van der Waals surface area contributed by atoms with Crippen LogP contribution in [0.4, 0.5) is 0 Å². The van der Waals surface area contributed by atoms with Gasteiger partial charge in [0.25, 0.3) is 0 Å². The zero-order valence-corrected chi connectivity index (χ0v) is 9.97. The molecule has 4 nitrogen and oxygen atoms in total. The van der Waals surface area contributed by atoms with Gasteiger partial charge in [-0.2, -0.15) is 0 Å². The van der Waals surface area contributed by atoms with Gasteiger partial charge in [-0.05, 0) is 26.7 Å². The third-order valence-corrected chi connectivity index (χ3v) is 4.56. The minimum atomic E-state index is -3.06. The maximum Gasteiger partial charge on any atom is 0.215 e. The van der Waals surface area contributed by atoms with E-state index in [2.05, 4.69) is 5.32 Å². The van der Waals surface area contributed by atoms with Crippen molar-refractivity contribution in [1.82, 2.24) is 9.62 Å². The van der Waals surface area contributed by atoms with Crippen molar-refractivity contribution in [3.8, 4) is 0 Å². The van der Waals surface area contributed by atoms with Crippen LogP contribution < -0.4 is 5.32 Å². The van der Waals surface area contributed by atoms with E-state index in [1.54, 1.807) is 7.05 Å². The van der Waals surface area contributed by atoms with Crippen molar-refractivity contribution in [2.24, 2.45) is 0 Å². The summed E-state index contributed by atoms with van der Waals surface area (Å²) in [6.45, 7) is 4.34. The van der Waals surface area contributed by atoms with E-state index in [4.69, 9.17) is 0 Å². The Bertz CT molecular complexity index is 271. The molecule has 0 spiro atoms. The van der Waals surface area contributed by atoms with Gasteiger partial charge < -0.3 is 5.32 Å². The minimum absolute atomic E-state index is 0.0425. The molecule has 5 heteroatoms. The van der Waals surface area contributed by atoms with Crippen LogP contribution in [-0.2, 0) is 10.0 Å². The first-order chi connectivity index (χ1) is 6.43. The Balaban J connectivity index is 2.31. The number of hydrogen-bond acceptors (Lipinski definition) is 3. The van der Waals surface area contributed by atoms with E-state index in [1.807, 2.05) is 13.8 Å². The molecular weight excluding hydrogens is 200 g/mol. The van der Waals surface area contributed by atoms with Crippen LogP contribution in [0.3, 0.4) is 0 Å².